The largest absolute Gasteiger partial charge is 0.378 e. The minimum absolute atomic E-state index is 0.0371. The molecular formula is C18H22N4O4S. The Balaban J connectivity index is 1.66. The van der Waals surface area contributed by atoms with Gasteiger partial charge < -0.3 is 15.0 Å². The van der Waals surface area contributed by atoms with Crippen molar-refractivity contribution in [1.82, 2.24) is 4.98 Å². The summed E-state index contributed by atoms with van der Waals surface area (Å²) in [5.41, 5.74) is 1.27. The molecule has 1 aromatic carbocycles. The number of sulfonamides is 1. The standard InChI is InChI=1S/C18H22N4O4S/c1-2-27(24,25)21-15-5-3-4-14(12-15)18(23)20-16-6-7-17(19-13-16)22-8-10-26-11-9-22/h3-7,12-13,21H,2,8-11H2,1H3,(H,20,23). The molecule has 1 amide bonds. The maximum atomic E-state index is 12.4. The number of carbonyl (C=O) groups is 1. The molecule has 27 heavy (non-hydrogen) atoms. The molecule has 9 heteroatoms. The van der Waals surface area contributed by atoms with Gasteiger partial charge in [0.2, 0.25) is 10.0 Å². The van der Waals surface area contributed by atoms with Gasteiger partial charge in [-0.3, -0.25) is 9.52 Å². The lowest BCUT2D eigenvalue weighted by atomic mass is 10.2. The van der Waals surface area contributed by atoms with Gasteiger partial charge in [0, 0.05) is 24.3 Å². The van der Waals surface area contributed by atoms with Crippen molar-refractivity contribution in [3.8, 4) is 0 Å². The van der Waals surface area contributed by atoms with Crippen molar-refractivity contribution in [2.24, 2.45) is 0 Å². The second-order valence-corrected chi connectivity index (χ2v) is 8.06. The molecule has 0 spiro atoms. The Morgan fingerprint density at radius 3 is 2.63 bits per heavy atom. The molecule has 1 aliphatic heterocycles. The average Bonchev–Trinajstić information content (AvgIpc) is 2.69. The molecule has 2 heterocycles. The zero-order valence-corrected chi connectivity index (χ0v) is 15.8. The van der Waals surface area contributed by atoms with E-state index in [1.165, 1.54) is 6.07 Å². The number of hydrogen-bond donors (Lipinski definition) is 2. The summed E-state index contributed by atoms with van der Waals surface area (Å²) in [5.74, 6) is 0.464. The average molecular weight is 390 g/mol. The molecule has 2 N–H and O–H groups in total. The smallest absolute Gasteiger partial charge is 0.255 e. The van der Waals surface area contributed by atoms with Crippen LogP contribution in [0.5, 0.6) is 0 Å². The lowest BCUT2D eigenvalue weighted by molar-refractivity contribution is 0.102. The van der Waals surface area contributed by atoms with Crippen LogP contribution in [0, 0.1) is 0 Å². The highest BCUT2D eigenvalue weighted by atomic mass is 32.2. The van der Waals surface area contributed by atoms with E-state index in [0.717, 1.165) is 18.9 Å². The van der Waals surface area contributed by atoms with Crippen LogP contribution in [-0.4, -0.2) is 51.4 Å². The molecule has 2 aromatic rings. The molecule has 1 fully saturated rings. The number of pyridine rings is 1. The molecule has 1 saturated heterocycles. The molecule has 0 atom stereocenters. The Labute approximate surface area is 158 Å². The third kappa shape index (κ3) is 5.18. The monoisotopic (exact) mass is 390 g/mol. The molecule has 3 rings (SSSR count). The normalized spacial score (nSPS) is 14.6. The fourth-order valence-corrected chi connectivity index (χ4v) is 3.25. The number of aromatic nitrogens is 1. The van der Waals surface area contributed by atoms with E-state index in [1.54, 1.807) is 37.4 Å². The van der Waals surface area contributed by atoms with Crippen molar-refractivity contribution >= 4 is 33.1 Å². The summed E-state index contributed by atoms with van der Waals surface area (Å²) in [6, 6.07) is 9.99. The highest BCUT2D eigenvalue weighted by molar-refractivity contribution is 7.92. The molecule has 0 bridgehead atoms. The summed E-state index contributed by atoms with van der Waals surface area (Å²) >= 11 is 0. The lowest BCUT2D eigenvalue weighted by Crippen LogP contribution is -2.36. The quantitative estimate of drug-likeness (QED) is 0.782. The third-order valence-corrected chi connectivity index (χ3v) is 5.43. The minimum Gasteiger partial charge on any atom is -0.378 e. The second kappa shape index (κ2) is 8.36. The van der Waals surface area contributed by atoms with Crippen LogP contribution >= 0.6 is 0 Å². The third-order valence-electron chi connectivity index (χ3n) is 4.12. The van der Waals surface area contributed by atoms with Gasteiger partial charge in [-0.15, -0.1) is 0 Å². The van der Waals surface area contributed by atoms with Gasteiger partial charge in [-0.05, 0) is 37.3 Å². The number of rotatable bonds is 6. The van der Waals surface area contributed by atoms with Gasteiger partial charge in [-0.1, -0.05) is 6.07 Å². The van der Waals surface area contributed by atoms with Gasteiger partial charge >= 0.3 is 0 Å². The highest BCUT2D eigenvalue weighted by Crippen LogP contribution is 2.17. The van der Waals surface area contributed by atoms with E-state index < -0.39 is 10.0 Å². The number of morpholine rings is 1. The first-order chi connectivity index (χ1) is 13.0. The van der Waals surface area contributed by atoms with Crippen molar-refractivity contribution in [3.63, 3.8) is 0 Å². The summed E-state index contributed by atoms with van der Waals surface area (Å²) in [4.78, 5) is 19.0. The zero-order chi connectivity index (χ0) is 19.3. The van der Waals surface area contributed by atoms with Crippen LogP contribution in [0.1, 0.15) is 17.3 Å². The molecule has 0 aliphatic carbocycles. The Kier molecular flexibility index (Phi) is 5.92. The molecule has 1 aromatic heterocycles. The van der Waals surface area contributed by atoms with Crippen molar-refractivity contribution in [2.75, 3.05) is 47.0 Å². The van der Waals surface area contributed by atoms with Crippen LogP contribution in [0.4, 0.5) is 17.2 Å². The van der Waals surface area contributed by atoms with E-state index in [-0.39, 0.29) is 11.7 Å². The number of ether oxygens (including phenoxy) is 1. The van der Waals surface area contributed by atoms with E-state index >= 15 is 0 Å². The van der Waals surface area contributed by atoms with Crippen LogP contribution < -0.4 is 14.9 Å². The molecule has 8 nitrogen and oxygen atoms in total. The number of nitrogens with one attached hydrogen (secondary N) is 2. The van der Waals surface area contributed by atoms with E-state index in [2.05, 4.69) is 19.9 Å². The van der Waals surface area contributed by atoms with Gasteiger partial charge in [-0.2, -0.15) is 0 Å². The van der Waals surface area contributed by atoms with Crippen LogP contribution in [-0.2, 0) is 14.8 Å². The van der Waals surface area contributed by atoms with Gasteiger partial charge in [0.25, 0.3) is 5.91 Å². The summed E-state index contributed by atoms with van der Waals surface area (Å²) in [7, 11) is -3.39. The number of nitrogens with zero attached hydrogens (tertiary/aromatic N) is 2. The minimum atomic E-state index is -3.39. The fourth-order valence-electron chi connectivity index (χ4n) is 2.62. The van der Waals surface area contributed by atoms with Gasteiger partial charge in [-0.25, -0.2) is 13.4 Å². The maximum absolute atomic E-state index is 12.4. The summed E-state index contributed by atoms with van der Waals surface area (Å²) in [5, 5.41) is 2.77. The Morgan fingerprint density at radius 1 is 1.19 bits per heavy atom. The molecule has 1 aliphatic rings. The fraction of sp³-hybridized carbons (Fsp3) is 0.333. The predicted octanol–water partition coefficient (Wildman–Crippen LogP) is 1.93. The van der Waals surface area contributed by atoms with E-state index in [1.807, 2.05) is 6.07 Å². The maximum Gasteiger partial charge on any atom is 0.255 e. The second-order valence-electron chi connectivity index (χ2n) is 6.04. The zero-order valence-electron chi connectivity index (χ0n) is 15.0. The topological polar surface area (TPSA) is 101 Å². The molecule has 144 valence electrons. The van der Waals surface area contributed by atoms with Crippen LogP contribution in [0.2, 0.25) is 0 Å². The summed E-state index contributed by atoms with van der Waals surface area (Å²) in [6.45, 7) is 4.49. The highest BCUT2D eigenvalue weighted by Gasteiger charge is 2.13. The van der Waals surface area contributed by atoms with Crippen LogP contribution in [0.15, 0.2) is 42.6 Å². The number of carbonyl (C=O) groups excluding carboxylic acids is 1. The number of hydrogen-bond acceptors (Lipinski definition) is 6. The van der Waals surface area contributed by atoms with Crippen molar-refractivity contribution in [2.45, 2.75) is 6.92 Å². The summed E-state index contributed by atoms with van der Waals surface area (Å²) < 4.78 is 31.1. The van der Waals surface area contributed by atoms with Crippen molar-refractivity contribution in [1.29, 1.82) is 0 Å². The Hall–Kier alpha value is -2.65. The number of amides is 1. The van der Waals surface area contributed by atoms with E-state index in [9.17, 15) is 13.2 Å². The molecular weight excluding hydrogens is 368 g/mol. The molecule has 0 unspecified atom stereocenters. The van der Waals surface area contributed by atoms with Gasteiger partial charge in [0.05, 0.1) is 30.9 Å². The van der Waals surface area contributed by atoms with E-state index in [4.69, 9.17) is 4.74 Å². The first-order valence-corrected chi connectivity index (χ1v) is 10.3. The van der Waals surface area contributed by atoms with Crippen molar-refractivity contribution < 1.29 is 17.9 Å². The summed E-state index contributed by atoms with van der Waals surface area (Å²) in [6.07, 6.45) is 1.60. The SMILES string of the molecule is CCS(=O)(=O)Nc1cccc(C(=O)Nc2ccc(N3CCOCC3)nc2)c1. The molecule has 0 radical (unpaired) electrons. The predicted molar refractivity (Wildman–Crippen MR) is 105 cm³/mol. The number of anilines is 3. The lowest BCUT2D eigenvalue weighted by Gasteiger charge is -2.27. The first-order valence-electron chi connectivity index (χ1n) is 8.67. The van der Waals surface area contributed by atoms with Gasteiger partial charge in [0.15, 0.2) is 0 Å². The van der Waals surface area contributed by atoms with Gasteiger partial charge in [0.1, 0.15) is 5.82 Å². The van der Waals surface area contributed by atoms with Crippen molar-refractivity contribution in [3.05, 3.63) is 48.2 Å². The Bertz CT molecular complexity index is 894. The number of benzene rings is 1. The Morgan fingerprint density at radius 2 is 1.96 bits per heavy atom. The van der Waals surface area contributed by atoms with Crippen LogP contribution in [0.3, 0.4) is 0 Å². The molecule has 0 saturated carbocycles. The van der Waals surface area contributed by atoms with E-state index in [0.29, 0.717) is 30.2 Å². The first kappa shape index (κ1) is 19.1. The van der Waals surface area contributed by atoms with Crippen LogP contribution in [0.25, 0.3) is 0 Å².